The molecule has 1 aliphatic rings. The molecule has 1 aliphatic carbocycles. The minimum Gasteiger partial charge on any atom is -0.395 e. The molecule has 0 radical (unpaired) electrons. The Bertz CT molecular complexity index is 309. The van der Waals surface area contributed by atoms with Crippen LogP contribution in [0.3, 0.4) is 0 Å². The lowest BCUT2D eigenvalue weighted by Crippen LogP contribution is -2.21. The van der Waals surface area contributed by atoms with Crippen molar-refractivity contribution in [1.29, 1.82) is 5.26 Å². The monoisotopic (exact) mass is 163 g/mol. The number of ketones is 1. The van der Waals surface area contributed by atoms with Gasteiger partial charge in [-0.15, -0.1) is 0 Å². The van der Waals surface area contributed by atoms with E-state index >= 15 is 0 Å². The molecule has 62 valence electrons. The average molecular weight is 163 g/mol. The van der Waals surface area contributed by atoms with E-state index < -0.39 is 5.41 Å². The van der Waals surface area contributed by atoms with Crippen molar-refractivity contribution in [2.45, 2.75) is 6.92 Å². The smallest absolute Gasteiger partial charge is 0.195 e. The van der Waals surface area contributed by atoms with Gasteiger partial charge >= 0.3 is 0 Å². The molecule has 0 aliphatic heterocycles. The second-order valence-electron chi connectivity index (χ2n) is 3.03. The van der Waals surface area contributed by atoms with Gasteiger partial charge in [-0.3, -0.25) is 4.79 Å². The molecular formula is C9H9NO2. The summed E-state index contributed by atoms with van der Waals surface area (Å²) < 4.78 is 0. The normalized spacial score (nSPS) is 28.1. The zero-order chi connectivity index (χ0) is 9.19. The molecule has 0 bridgehead atoms. The predicted molar refractivity (Wildman–Crippen MR) is 43.0 cm³/mol. The van der Waals surface area contributed by atoms with Gasteiger partial charge in [-0.25, -0.2) is 0 Å². The topological polar surface area (TPSA) is 61.1 Å². The first-order valence-corrected chi connectivity index (χ1v) is 3.59. The summed E-state index contributed by atoms with van der Waals surface area (Å²) in [6.45, 7) is 1.66. The summed E-state index contributed by atoms with van der Waals surface area (Å²) in [6, 6.07) is 1.79. The summed E-state index contributed by atoms with van der Waals surface area (Å²) in [4.78, 5) is 11.0. The minimum absolute atomic E-state index is 0.0953. The predicted octanol–water partition coefficient (Wildman–Crippen LogP) is 0.574. The van der Waals surface area contributed by atoms with Crippen LogP contribution >= 0.6 is 0 Å². The number of aliphatic hydroxyl groups is 1. The summed E-state index contributed by atoms with van der Waals surface area (Å²) in [7, 11) is 0. The van der Waals surface area contributed by atoms with E-state index in [-0.39, 0.29) is 18.0 Å². The van der Waals surface area contributed by atoms with E-state index in [4.69, 9.17) is 10.4 Å². The van der Waals surface area contributed by atoms with Crippen LogP contribution in [0.5, 0.6) is 0 Å². The number of hydrogen-bond acceptors (Lipinski definition) is 3. The molecule has 0 spiro atoms. The molecule has 1 atom stereocenters. The van der Waals surface area contributed by atoms with Gasteiger partial charge in [0.05, 0.1) is 12.2 Å². The lowest BCUT2D eigenvalue weighted by atomic mass is 9.84. The quantitative estimate of drug-likeness (QED) is 0.614. The molecule has 3 nitrogen and oxygen atoms in total. The highest BCUT2D eigenvalue weighted by atomic mass is 16.3. The van der Waals surface area contributed by atoms with Crippen molar-refractivity contribution in [3.05, 3.63) is 23.8 Å². The molecule has 3 heteroatoms. The van der Waals surface area contributed by atoms with Crippen molar-refractivity contribution < 1.29 is 9.90 Å². The Morgan fingerprint density at radius 2 is 2.42 bits per heavy atom. The molecular weight excluding hydrogens is 154 g/mol. The fourth-order valence-corrected chi connectivity index (χ4v) is 0.991. The molecule has 0 aromatic heterocycles. The number of rotatable bonds is 1. The van der Waals surface area contributed by atoms with Gasteiger partial charge in [0.1, 0.15) is 6.07 Å². The Hall–Kier alpha value is -1.40. The number of carbonyl (C=O) groups is 1. The van der Waals surface area contributed by atoms with Crippen molar-refractivity contribution in [1.82, 2.24) is 0 Å². The van der Waals surface area contributed by atoms with E-state index in [1.165, 1.54) is 12.2 Å². The van der Waals surface area contributed by atoms with Crippen LogP contribution in [0.2, 0.25) is 0 Å². The summed E-state index contributed by atoms with van der Waals surface area (Å²) in [5.74, 6) is -0.288. The Morgan fingerprint density at radius 1 is 1.75 bits per heavy atom. The number of carbonyl (C=O) groups excluding carboxylic acids is 1. The zero-order valence-electron chi connectivity index (χ0n) is 6.74. The minimum atomic E-state index is -0.557. The summed E-state index contributed by atoms with van der Waals surface area (Å²) >= 11 is 0. The summed E-state index contributed by atoms with van der Waals surface area (Å²) in [6.07, 6.45) is 4.43. The van der Waals surface area contributed by atoms with Crippen LogP contribution in [-0.4, -0.2) is 17.5 Å². The summed E-state index contributed by atoms with van der Waals surface area (Å²) in [5, 5.41) is 17.5. The highest BCUT2D eigenvalue weighted by molar-refractivity contribution is 6.08. The van der Waals surface area contributed by atoms with E-state index in [2.05, 4.69) is 0 Å². The Balaban J connectivity index is 3.04. The van der Waals surface area contributed by atoms with Crippen LogP contribution in [-0.2, 0) is 4.79 Å². The molecule has 0 heterocycles. The first-order chi connectivity index (χ1) is 5.61. The maximum atomic E-state index is 11.0. The van der Waals surface area contributed by atoms with E-state index in [0.717, 1.165) is 0 Å². The third-order valence-electron chi connectivity index (χ3n) is 1.82. The lowest BCUT2D eigenvalue weighted by Gasteiger charge is -2.21. The first-order valence-electron chi connectivity index (χ1n) is 3.59. The lowest BCUT2D eigenvalue weighted by molar-refractivity contribution is -0.111. The average Bonchev–Trinajstić information content (AvgIpc) is 2.10. The largest absolute Gasteiger partial charge is 0.395 e. The van der Waals surface area contributed by atoms with E-state index in [0.29, 0.717) is 0 Å². The van der Waals surface area contributed by atoms with Gasteiger partial charge in [0.2, 0.25) is 0 Å². The van der Waals surface area contributed by atoms with Crippen LogP contribution in [0.1, 0.15) is 6.92 Å². The van der Waals surface area contributed by atoms with Gasteiger partial charge in [0, 0.05) is 5.41 Å². The molecule has 0 saturated heterocycles. The van der Waals surface area contributed by atoms with Crippen LogP contribution in [0.25, 0.3) is 0 Å². The number of hydrogen-bond donors (Lipinski definition) is 1. The molecule has 0 aromatic carbocycles. The van der Waals surface area contributed by atoms with Gasteiger partial charge in [-0.05, 0) is 6.08 Å². The van der Waals surface area contributed by atoms with E-state index in [1.54, 1.807) is 19.1 Å². The fourth-order valence-electron chi connectivity index (χ4n) is 0.991. The molecule has 0 aromatic rings. The number of nitrogens with zero attached hydrogens (tertiary/aromatic N) is 1. The molecule has 1 rings (SSSR count). The Kier molecular flexibility index (Phi) is 2.11. The van der Waals surface area contributed by atoms with Crippen molar-refractivity contribution in [3.8, 4) is 6.07 Å². The van der Waals surface area contributed by atoms with Crippen LogP contribution in [0.15, 0.2) is 23.8 Å². The van der Waals surface area contributed by atoms with Crippen LogP contribution in [0.4, 0.5) is 0 Å². The third kappa shape index (κ3) is 1.44. The van der Waals surface area contributed by atoms with Gasteiger partial charge in [0.15, 0.2) is 5.78 Å². The summed E-state index contributed by atoms with van der Waals surface area (Å²) in [5.41, 5.74) is -0.451. The maximum Gasteiger partial charge on any atom is 0.195 e. The van der Waals surface area contributed by atoms with Gasteiger partial charge in [0.25, 0.3) is 0 Å². The molecule has 1 unspecified atom stereocenters. The second-order valence-corrected chi connectivity index (χ2v) is 3.03. The number of aliphatic hydroxyl groups excluding tert-OH is 1. The van der Waals surface area contributed by atoms with E-state index in [9.17, 15) is 4.79 Å². The van der Waals surface area contributed by atoms with Crippen molar-refractivity contribution in [3.63, 3.8) is 0 Å². The van der Waals surface area contributed by atoms with Crippen LogP contribution < -0.4 is 0 Å². The molecule has 0 amide bonds. The standard InChI is InChI=1S/C9H9NO2/c1-9(6-11)3-2-8(12)7(4-9)5-10/h2-4,11H,6H2,1H3. The van der Waals surface area contributed by atoms with Gasteiger partial charge in [-0.1, -0.05) is 19.1 Å². The molecule has 1 N–H and O–H groups in total. The van der Waals surface area contributed by atoms with Crippen LogP contribution in [0, 0.1) is 16.7 Å². The molecule has 12 heavy (non-hydrogen) atoms. The van der Waals surface area contributed by atoms with E-state index in [1.807, 2.05) is 0 Å². The number of nitriles is 1. The maximum absolute atomic E-state index is 11.0. The van der Waals surface area contributed by atoms with Gasteiger partial charge < -0.3 is 5.11 Å². The highest BCUT2D eigenvalue weighted by Crippen LogP contribution is 2.25. The van der Waals surface area contributed by atoms with Gasteiger partial charge in [-0.2, -0.15) is 5.26 Å². The number of allylic oxidation sites excluding steroid dienone is 2. The van der Waals surface area contributed by atoms with Crippen molar-refractivity contribution in [2.75, 3.05) is 6.61 Å². The molecule has 0 saturated carbocycles. The fraction of sp³-hybridized carbons (Fsp3) is 0.333. The van der Waals surface area contributed by atoms with Crippen molar-refractivity contribution >= 4 is 5.78 Å². The molecule has 0 fully saturated rings. The van der Waals surface area contributed by atoms with Crippen molar-refractivity contribution in [2.24, 2.45) is 5.41 Å². The Labute approximate surface area is 70.6 Å². The third-order valence-corrected chi connectivity index (χ3v) is 1.82. The second kappa shape index (κ2) is 2.92. The SMILES string of the molecule is CC1(CO)C=CC(=O)C(C#N)=C1. The highest BCUT2D eigenvalue weighted by Gasteiger charge is 2.24. The Morgan fingerprint density at radius 3 is 2.92 bits per heavy atom. The first kappa shape index (κ1) is 8.69. The zero-order valence-corrected chi connectivity index (χ0v) is 6.74.